The summed E-state index contributed by atoms with van der Waals surface area (Å²) in [6.45, 7) is 5.08. The zero-order valence-electron chi connectivity index (χ0n) is 17.9. The van der Waals surface area contributed by atoms with E-state index in [1.807, 2.05) is 4.90 Å². The van der Waals surface area contributed by atoms with Crippen LogP contribution in [0.1, 0.15) is 19.3 Å². The highest BCUT2D eigenvalue weighted by atomic mass is 16.6. The number of anilines is 1. The van der Waals surface area contributed by atoms with Crippen molar-refractivity contribution in [1.82, 2.24) is 14.7 Å². The number of likely N-dealkylation sites (N-methyl/N-ethyl adjacent to an activating group) is 1. The van der Waals surface area contributed by atoms with Crippen molar-refractivity contribution in [3.8, 4) is 5.75 Å². The Morgan fingerprint density at radius 2 is 1.97 bits per heavy atom. The molecule has 3 aliphatic heterocycles. The number of non-ortho nitro benzene ring substituents is 1. The minimum Gasteiger partial charge on any atom is -0.482 e. The van der Waals surface area contributed by atoms with Crippen LogP contribution in [0.5, 0.6) is 5.75 Å². The van der Waals surface area contributed by atoms with Crippen LogP contribution in [0.3, 0.4) is 0 Å². The smallest absolute Gasteiger partial charge is 0.271 e. The third kappa shape index (κ3) is 4.80. The number of piperazine rings is 1. The average molecular weight is 431 g/mol. The Morgan fingerprint density at radius 3 is 2.71 bits per heavy atom. The maximum absolute atomic E-state index is 13.2. The summed E-state index contributed by atoms with van der Waals surface area (Å²) < 4.78 is 5.40. The second kappa shape index (κ2) is 9.19. The summed E-state index contributed by atoms with van der Waals surface area (Å²) in [5, 5.41) is 11.2. The average Bonchev–Trinajstić information content (AvgIpc) is 3.02. The summed E-state index contributed by atoms with van der Waals surface area (Å²) in [6, 6.07) is 4.44. The minimum absolute atomic E-state index is 0.131. The van der Waals surface area contributed by atoms with Crippen LogP contribution in [0.15, 0.2) is 18.2 Å². The van der Waals surface area contributed by atoms with E-state index in [-0.39, 0.29) is 36.3 Å². The molecule has 0 N–H and O–H groups in total. The van der Waals surface area contributed by atoms with Gasteiger partial charge < -0.3 is 14.5 Å². The molecule has 10 heteroatoms. The molecular formula is C21H29N5O5. The number of hydrogen-bond donors (Lipinski definition) is 0. The maximum atomic E-state index is 13.2. The first kappa shape index (κ1) is 21.5. The van der Waals surface area contributed by atoms with Crippen molar-refractivity contribution in [1.29, 1.82) is 0 Å². The molecule has 0 saturated carbocycles. The molecule has 2 fully saturated rings. The van der Waals surface area contributed by atoms with E-state index in [9.17, 15) is 19.7 Å². The normalized spacial score (nSPS) is 23.1. The van der Waals surface area contributed by atoms with Crippen molar-refractivity contribution < 1.29 is 19.2 Å². The summed E-state index contributed by atoms with van der Waals surface area (Å²) in [6.07, 6.45) is 3.08. The second-order valence-corrected chi connectivity index (χ2v) is 8.51. The molecule has 1 aromatic carbocycles. The summed E-state index contributed by atoms with van der Waals surface area (Å²) in [5.74, 6) is -0.121. The molecule has 2 saturated heterocycles. The standard InChI is InChI=1S/C21H29N5O5/c1-22-8-10-23(11-9-22)17-4-2-3-7-24(13-17)20(27)14-25-18-12-16(26(29)30)5-6-19(18)31-15-21(25)28/h5-6,12,17H,2-4,7-11,13-15H2,1H3. The number of carbonyl (C=O) groups excluding carboxylic acids is 2. The molecule has 2 amide bonds. The van der Waals surface area contributed by atoms with Gasteiger partial charge in [0.1, 0.15) is 12.3 Å². The minimum atomic E-state index is -0.519. The molecular weight excluding hydrogens is 402 g/mol. The summed E-state index contributed by atoms with van der Waals surface area (Å²) >= 11 is 0. The molecule has 1 aromatic rings. The van der Waals surface area contributed by atoms with Crippen LogP contribution < -0.4 is 9.64 Å². The van der Waals surface area contributed by atoms with E-state index in [1.54, 1.807) is 0 Å². The van der Waals surface area contributed by atoms with Gasteiger partial charge in [0.25, 0.3) is 11.6 Å². The largest absolute Gasteiger partial charge is 0.482 e. The number of ether oxygens (including phenoxy) is 1. The van der Waals surface area contributed by atoms with Gasteiger partial charge in [0.15, 0.2) is 6.61 Å². The highest BCUT2D eigenvalue weighted by Gasteiger charge is 2.33. The lowest BCUT2D eigenvalue weighted by atomic mass is 10.1. The quantitative estimate of drug-likeness (QED) is 0.517. The Balaban J connectivity index is 1.47. The van der Waals surface area contributed by atoms with Crippen LogP contribution in [0.4, 0.5) is 11.4 Å². The number of benzene rings is 1. The lowest BCUT2D eigenvalue weighted by Crippen LogP contribution is -2.53. The first-order chi connectivity index (χ1) is 14.9. The predicted molar refractivity (Wildman–Crippen MR) is 114 cm³/mol. The van der Waals surface area contributed by atoms with Gasteiger partial charge in [-0.25, -0.2) is 0 Å². The highest BCUT2D eigenvalue weighted by Crippen LogP contribution is 2.35. The van der Waals surface area contributed by atoms with Gasteiger partial charge in [-0.1, -0.05) is 6.42 Å². The number of amides is 2. The van der Waals surface area contributed by atoms with E-state index < -0.39 is 4.92 Å². The van der Waals surface area contributed by atoms with E-state index in [2.05, 4.69) is 16.8 Å². The van der Waals surface area contributed by atoms with Crippen LogP contribution in [-0.2, 0) is 9.59 Å². The molecule has 1 atom stereocenters. The Morgan fingerprint density at radius 1 is 1.19 bits per heavy atom. The number of likely N-dealkylation sites (tertiary alicyclic amines) is 1. The number of hydrogen-bond acceptors (Lipinski definition) is 7. The zero-order valence-corrected chi connectivity index (χ0v) is 17.9. The van der Waals surface area contributed by atoms with Gasteiger partial charge in [0.2, 0.25) is 5.91 Å². The third-order valence-electron chi connectivity index (χ3n) is 6.44. The highest BCUT2D eigenvalue weighted by molar-refractivity contribution is 6.02. The van der Waals surface area contributed by atoms with Crippen LogP contribution in [0.2, 0.25) is 0 Å². The molecule has 0 radical (unpaired) electrons. The van der Waals surface area contributed by atoms with E-state index in [0.29, 0.717) is 24.9 Å². The third-order valence-corrected chi connectivity index (χ3v) is 6.44. The van der Waals surface area contributed by atoms with Crippen molar-refractivity contribution in [3.05, 3.63) is 28.3 Å². The van der Waals surface area contributed by atoms with Gasteiger partial charge in [0, 0.05) is 57.4 Å². The molecule has 10 nitrogen and oxygen atoms in total. The summed E-state index contributed by atoms with van der Waals surface area (Å²) in [7, 11) is 2.13. The monoisotopic (exact) mass is 431 g/mol. The predicted octanol–water partition coefficient (Wildman–Crippen LogP) is 0.949. The molecule has 0 spiro atoms. The van der Waals surface area contributed by atoms with Crippen LogP contribution >= 0.6 is 0 Å². The van der Waals surface area contributed by atoms with Crippen LogP contribution in [0.25, 0.3) is 0 Å². The topological polar surface area (TPSA) is 99.5 Å². The lowest BCUT2D eigenvalue weighted by molar-refractivity contribution is -0.384. The van der Waals surface area contributed by atoms with Gasteiger partial charge in [-0.05, 0) is 26.0 Å². The number of nitro benzene ring substituents is 1. The fourth-order valence-corrected chi connectivity index (χ4v) is 4.54. The maximum Gasteiger partial charge on any atom is 0.271 e. The van der Waals surface area contributed by atoms with Crippen molar-refractivity contribution in [2.75, 3.05) is 64.4 Å². The van der Waals surface area contributed by atoms with Crippen molar-refractivity contribution in [3.63, 3.8) is 0 Å². The molecule has 168 valence electrons. The molecule has 3 heterocycles. The zero-order chi connectivity index (χ0) is 22.0. The summed E-state index contributed by atoms with van der Waals surface area (Å²) in [4.78, 5) is 44.3. The van der Waals surface area contributed by atoms with Gasteiger partial charge in [0.05, 0.1) is 10.6 Å². The van der Waals surface area contributed by atoms with E-state index in [0.717, 1.165) is 45.4 Å². The van der Waals surface area contributed by atoms with Gasteiger partial charge in [-0.3, -0.25) is 29.5 Å². The molecule has 0 aliphatic carbocycles. The molecule has 1 unspecified atom stereocenters. The first-order valence-corrected chi connectivity index (χ1v) is 10.8. The Labute approximate surface area is 181 Å². The number of nitrogens with zero attached hydrogens (tertiary/aromatic N) is 5. The van der Waals surface area contributed by atoms with Crippen molar-refractivity contribution >= 4 is 23.2 Å². The lowest BCUT2D eigenvalue weighted by Gasteiger charge is -2.39. The second-order valence-electron chi connectivity index (χ2n) is 8.51. The first-order valence-electron chi connectivity index (χ1n) is 10.8. The fraction of sp³-hybridized carbons (Fsp3) is 0.619. The molecule has 4 rings (SSSR count). The van der Waals surface area contributed by atoms with E-state index in [1.165, 1.54) is 23.1 Å². The van der Waals surface area contributed by atoms with Gasteiger partial charge in [-0.2, -0.15) is 0 Å². The molecule has 0 bridgehead atoms. The number of carbonyl (C=O) groups is 2. The molecule has 31 heavy (non-hydrogen) atoms. The number of nitro groups is 1. The van der Waals surface area contributed by atoms with Gasteiger partial charge in [-0.15, -0.1) is 0 Å². The Bertz CT molecular complexity index is 855. The summed E-state index contributed by atoms with van der Waals surface area (Å²) in [5.41, 5.74) is 0.142. The SMILES string of the molecule is CN1CCN(C2CCCCN(C(=O)CN3C(=O)COc4ccc([N+](=O)[O-])cc43)C2)CC1. The van der Waals surface area contributed by atoms with Crippen molar-refractivity contribution in [2.45, 2.75) is 25.3 Å². The molecule has 3 aliphatic rings. The number of fused-ring (bicyclic) bond motifs is 1. The Hall–Kier alpha value is -2.72. The van der Waals surface area contributed by atoms with Crippen LogP contribution in [0, 0.1) is 10.1 Å². The Kier molecular flexibility index (Phi) is 6.38. The molecule has 0 aromatic heterocycles. The van der Waals surface area contributed by atoms with E-state index >= 15 is 0 Å². The van der Waals surface area contributed by atoms with E-state index in [4.69, 9.17) is 4.74 Å². The fourth-order valence-electron chi connectivity index (χ4n) is 4.54. The number of rotatable bonds is 4. The van der Waals surface area contributed by atoms with Gasteiger partial charge >= 0.3 is 0 Å². The van der Waals surface area contributed by atoms with Crippen molar-refractivity contribution in [2.24, 2.45) is 0 Å². The van der Waals surface area contributed by atoms with Crippen LogP contribution in [-0.4, -0.2) is 96.9 Å².